The van der Waals surface area contributed by atoms with Crippen LogP contribution in [-0.4, -0.2) is 49.8 Å². The van der Waals surface area contributed by atoms with Crippen molar-refractivity contribution in [1.29, 1.82) is 0 Å². The lowest BCUT2D eigenvalue weighted by Crippen LogP contribution is -2.35. The fraction of sp³-hybridized carbons (Fsp3) is 0.529. The van der Waals surface area contributed by atoms with Crippen molar-refractivity contribution in [3.8, 4) is 11.3 Å². The molecule has 1 aliphatic heterocycles. The van der Waals surface area contributed by atoms with E-state index < -0.39 is 5.60 Å². The maximum Gasteiger partial charge on any atom is 0.410 e. The van der Waals surface area contributed by atoms with Crippen molar-refractivity contribution >= 4 is 6.09 Å². The number of H-pyrrole nitrogens is 1. The number of hydrogen-bond donors (Lipinski definition) is 1. The third kappa shape index (κ3) is 3.90. The van der Waals surface area contributed by atoms with Gasteiger partial charge in [0.05, 0.1) is 17.6 Å². The fourth-order valence-corrected chi connectivity index (χ4v) is 2.90. The molecule has 1 unspecified atom stereocenters. The quantitative estimate of drug-likeness (QED) is 0.936. The molecule has 1 fully saturated rings. The van der Waals surface area contributed by atoms with Crippen LogP contribution in [0, 0.1) is 5.92 Å². The average molecular weight is 329 g/mol. The molecule has 1 N–H and O–H groups in total. The van der Waals surface area contributed by atoms with Crippen molar-refractivity contribution < 1.29 is 9.53 Å². The Hall–Kier alpha value is -2.44. The Kier molecular flexibility index (Phi) is 4.51. The molecule has 0 aliphatic carbocycles. The monoisotopic (exact) mass is 329 g/mol. The predicted molar refractivity (Wildman–Crippen MR) is 89.2 cm³/mol. The van der Waals surface area contributed by atoms with Crippen LogP contribution < -0.4 is 0 Å². The van der Waals surface area contributed by atoms with Gasteiger partial charge in [-0.15, -0.1) is 0 Å². The number of amides is 1. The van der Waals surface area contributed by atoms with Gasteiger partial charge in [0.1, 0.15) is 5.60 Å². The number of likely N-dealkylation sites (tertiary alicyclic amines) is 1. The summed E-state index contributed by atoms with van der Waals surface area (Å²) in [6.07, 6.45) is 8.45. The van der Waals surface area contributed by atoms with Gasteiger partial charge in [-0.1, -0.05) is 0 Å². The van der Waals surface area contributed by atoms with Crippen molar-refractivity contribution in [2.75, 3.05) is 13.1 Å². The molecule has 24 heavy (non-hydrogen) atoms. The van der Waals surface area contributed by atoms with Gasteiger partial charge in [-0.3, -0.25) is 15.1 Å². The first-order chi connectivity index (χ1) is 11.4. The second kappa shape index (κ2) is 6.59. The van der Waals surface area contributed by atoms with Gasteiger partial charge in [0.2, 0.25) is 0 Å². The normalized spacial score (nSPS) is 18.0. The largest absolute Gasteiger partial charge is 0.444 e. The van der Waals surface area contributed by atoms with Crippen molar-refractivity contribution in [3.63, 3.8) is 0 Å². The molecular weight excluding hydrogens is 306 g/mol. The molecule has 0 aromatic carbocycles. The van der Waals surface area contributed by atoms with E-state index in [2.05, 4.69) is 20.2 Å². The highest BCUT2D eigenvalue weighted by atomic mass is 16.6. The minimum Gasteiger partial charge on any atom is -0.444 e. The van der Waals surface area contributed by atoms with E-state index in [9.17, 15) is 4.79 Å². The fourth-order valence-electron chi connectivity index (χ4n) is 2.90. The van der Waals surface area contributed by atoms with E-state index in [-0.39, 0.29) is 6.09 Å². The maximum atomic E-state index is 12.2. The number of nitrogens with zero attached hydrogens (tertiary/aromatic N) is 4. The lowest BCUT2D eigenvalue weighted by atomic mass is 10.00. The minimum atomic E-state index is -0.464. The SMILES string of the molecule is CC(C)(C)OC(=O)N1CCC(Cc2nccnc2-c2cn[nH]c2)C1. The lowest BCUT2D eigenvalue weighted by Gasteiger charge is -2.24. The van der Waals surface area contributed by atoms with Gasteiger partial charge in [0.25, 0.3) is 0 Å². The summed E-state index contributed by atoms with van der Waals surface area (Å²) in [5.74, 6) is 0.361. The maximum absolute atomic E-state index is 12.2. The zero-order valence-corrected chi connectivity index (χ0v) is 14.3. The van der Waals surface area contributed by atoms with Crippen molar-refractivity contribution in [2.45, 2.75) is 39.2 Å². The highest BCUT2D eigenvalue weighted by molar-refractivity contribution is 5.68. The number of aromatic amines is 1. The second-order valence-corrected chi connectivity index (χ2v) is 7.12. The van der Waals surface area contributed by atoms with Crippen molar-refractivity contribution in [2.24, 2.45) is 5.92 Å². The van der Waals surface area contributed by atoms with Crippen LogP contribution in [0.2, 0.25) is 0 Å². The summed E-state index contributed by atoms with van der Waals surface area (Å²) in [6, 6.07) is 0. The first-order valence-corrected chi connectivity index (χ1v) is 8.19. The molecule has 1 amide bonds. The number of hydrogen-bond acceptors (Lipinski definition) is 5. The van der Waals surface area contributed by atoms with Gasteiger partial charge in [0.15, 0.2) is 0 Å². The average Bonchev–Trinajstić information content (AvgIpc) is 3.17. The van der Waals surface area contributed by atoms with Crippen LogP contribution in [0.3, 0.4) is 0 Å². The van der Waals surface area contributed by atoms with Crippen LogP contribution in [0.5, 0.6) is 0 Å². The van der Waals surface area contributed by atoms with E-state index in [1.165, 1.54) is 0 Å². The summed E-state index contributed by atoms with van der Waals surface area (Å²) < 4.78 is 5.45. The summed E-state index contributed by atoms with van der Waals surface area (Å²) in [5.41, 5.74) is 2.26. The molecule has 1 aliphatic rings. The summed E-state index contributed by atoms with van der Waals surface area (Å²) >= 11 is 0. The standard InChI is InChI=1S/C17H23N5O2/c1-17(2,3)24-16(23)22-7-4-12(11-22)8-14-15(19-6-5-18-14)13-9-20-21-10-13/h5-6,9-10,12H,4,7-8,11H2,1-3H3,(H,20,21). The first-order valence-electron chi connectivity index (χ1n) is 8.19. The summed E-state index contributed by atoms with van der Waals surface area (Å²) in [4.78, 5) is 22.9. The molecule has 7 nitrogen and oxygen atoms in total. The summed E-state index contributed by atoms with van der Waals surface area (Å²) in [6.45, 7) is 7.07. The van der Waals surface area contributed by atoms with Crippen LogP contribution >= 0.6 is 0 Å². The predicted octanol–water partition coefficient (Wildman–Crippen LogP) is 2.67. The van der Waals surface area contributed by atoms with Gasteiger partial charge < -0.3 is 9.64 Å². The molecule has 0 spiro atoms. The Morgan fingerprint density at radius 3 is 2.88 bits per heavy atom. The Balaban J connectivity index is 1.65. The zero-order chi connectivity index (χ0) is 17.2. The van der Waals surface area contributed by atoms with Crippen molar-refractivity contribution in [3.05, 3.63) is 30.5 Å². The molecule has 2 aromatic rings. The number of rotatable bonds is 3. The topological polar surface area (TPSA) is 84.0 Å². The number of ether oxygens (including phenoxy) is 1. The Morgan fingerprint density at radius 1 is 1.38 bits per heavy atom. The third-order valence-electron chi connectivity index (χ3n) is 3.97. The number of carbonyl (C=O) groups excluding carboxylic acids is 1. The van der Waals surface area contributed by atoms with E-state index >= 15 is 0 Å². The molecule has 0 radical (unpaired) electrons. The number of aromatic nitrogens is 4. The third-order valence-corrected chi connectivity index (χ3v) is 3.97. The molecule has 1 saturated heterocycles. The smallest absolute Gasteiger partial charge is 0.410 e. The van der Waals surface area contributed by atoms with Gasteiger partial charge >= 0.3 is 6.09 Å². The summed E-state index contributed by atoms with van der Waals surface area (Å²) in [5, 5.41) is 6.78. The van der Waals surface area contributed by atoms with E-state index in [1.807, 2.05) is 27.0 Å². The number of nitrogens with one attached hydrogen (secondary N) is 1. The Labute approximate surface area is 141 Å². The van der Waals surface area contributed by atoms with E-state index in [4.69, 9.17) is 4.74 Å². The van der Waals surface area contributed by atoms with Gasteiger partial charge in [-0.25, -0.2) is 4.79 Å². The molecule has 1 atom stereocenters. The van der Waals surface area contributed by atoms with Gasteiger partial charge in [-0.2, -0.15) is 5.10 Å². The first kappa shape index (κ1) is 16.4. The molecule has 128 valence electrons. The molecule has 7 heteroatoms. The van der Waals surface area contributed by atoms with E-state index in [0.29, 0.717) is 12.5 Å². The molecule has 3 heterocycles. The van der Waals surface area contributed by atoms with Crippen LogP contribution in [0.15, 0.2) is 24.8 Å². The van der Waals surface area contributed by atoms with Gasteiger partial charge in [-0.05, 0) is 39.5 Å². The minimum absolute atomic E-state index is 0.237. The van der Waals surface area contributed by atoms with Gasteiger partial charge in [0, 0.05) is 37.2 Å². The Bertz CT molecular complexity index is 693. The second-order valence-electron chi connectivity index (χ2n) is 7.12. The van der Waals surface area contributed by atoms with Crippen LogP contribution in [0.1, 0.15) is 32.9 Å². The highest BCUT2D eigenvalue weighted by Gasteiger charge is 2.30. The number of carbonyl (C=O) groups is 1. The highest BCUT2D eigenvalue weighted by Crippen LogP contribution is 2.26. The molecule has 3 rings (SSSR count). The zero-order valence-electron chi connectivity index (χ0n) is 14.3. The van der Waals surface area contributed by atoms with Crippen molar-refractivity contribution in [1.82, 2.24) is 25.1 Å². The van der Waals surface area contributed by atoms with E-state index in [0.717, 1.165) is 36.3 Å². The van der Waals surface area contributed by atoms with Crippen LogP contribution in [0.25, 0.3) is 11.3 Å². The summed E-state index contributed by atoms with van der Waals surface area (Å²) in [7, 11) is 0. The molecule has 0 saturated carbocycles. The molecular formula is C17H23N5O2. The Morgan fingerprint density at radius 2 is 2.17 bits per heavy atom. The van der Waals surface area contributed by atoms with Crippen LogP contribution in [0.4, 0.5) is 4.79 Å². The van der Waals surface area contributed by atoms with E-state index in [1.54, 1.807) is 23.5 Å². The molecule has 2 aromatic heterocycles. The molecule has 0 bridgehead atoms. The lowest BCUT2D eigenvalue weighted by molar-refractivity contribution is 0.0288. The van der Waals surface area contributed by atoms with Crippen LogP contribution in [-0.2, 0) is 11.2 Å².